The van der Waals surface area contributed by atoms with Crippen molar-refractivity contribution in [2.45, 2.75) is 30.7 Å². The lowest BCUT2D eigenvalue weighted by Crippen LogP contribution is -2.47. The molecule has 1 aromatic carbocycles. The molecule has 0 heterocycles. The van der Waals surface area contributed by atoms with E-state index in [-0.39, 0.29) is 5.56 Å². The SMILES string of the molecule is OC1c2ccccc2C=C[C@@H]1OC(C(F)(F)F)C(F)(F)F. The van der Waals surface area contributed by atoms with Gasteiger partial charge in [0.2, 0.25) is 6.10 Å². The minimum atomic E-state index is -5.61. The van der Waals surface area contributed by atoms with Crippen molar-refractivity contribution >= 4 is 6.08 Å². The minimum absolute atomic E-state index is 0.216. The van der Waals surface area contributed by atoms with Crippen LogP contribution in [0.25, 0.3) is 6.08 Å². The van der Waals surface area contributed by atoms with E-state index in [9.17, 15) is 31.4 Å². The Kier molecular flexibility index (Phi) is 4.03. The second kappa shape index (κ2) is 5.34. The first kappa shape index (κ1) is 15.8. The topological polar surface area (TPSA) is 29.5 Å². The van der Waals surface area contributed by atoms with Gasteiger partial charge in [-0.25, -0.2) is 0 Å². The third kappa shape index (κ3) is 3.38. The second-order valence-electron chi connectivity index (χ2n) is 4.50. The highest BCUT2D eigenvalue weighted by Crippen LogP contribution is 2.39. The number of alkyl halides is 6. The van der Waals surface area contributed by atoms with E-state index >= 15 is 0 Å². The van der Waals surface area contributed by atoms with Crippen molar-refractivity contribution in [3.05, 3.63) is 41.5 Å². The summed E-state index contributed by atoms with van der Waals surface area (Å²) in [5, 5.41) is 9.89. The van der Waals surface area contributed by atoms with Crippen LogP contribution in [0.1, 0.15) is 17.2 Å². The zero-order valence-corrected chi connectivity index (χ0v) is 10.3. The maximum Gasteiger partial charge on any atom is 0.423 e. The van der Waals surface area contributed by atoms with Crippen molar-refractivity contribution in [3.63, 3.8) is 0 Å². The Bertz CT molecular complexity index is 520. The van der Waals surface area contributed by atoms with Gasteiger partial charge >= 0.3 is 12.4 Å². The summed E-state index contributed by atoms with van der Waals surface area (Å²) >= 11 is 0. The van der Waals surface area contributed by atoms with Crippen LogP contribution in [0.5, 0.6) is 0 Å². The van der Waals surface area contributed by atoms with Gasteiger partial charge in [-0.1, -0.05) is 36.4 Å². The lowest BCUT2D eigenvalue weighted by molar-refractivity contribution is -0.332. The molecule has 1 unspecified atom stereocenters. The highest BCUT2D eigenvalue weighted by atomic mass is 19.4. The standard InChI is InChI=1S/C13H10F6O2/c14-12(15,16)11(13(17,18)19)21-9-6-5-7-3-1-2-4-8(7)10(9)20/h1-6,9-11,20H/t9-,10?/m0/s1. The molecule has 0 amide bonds. The Hall–Kier alpha value is -1.54. The number of halogens is 6. The van der Waals surface area contributed by atoms with E-state index in [1.165, 1.54) is 18.2 Å². The largest absolute Gasteiger partial charge is 0.423 e. The summed E-state index contributed by atoms with van der Waals surface area (Å²) in [4.78, 5) is 0. The lowest BCUT2D eigenvalue weighted by Gasteiger charge is -2.31. The fraction of sp³-hybridized carbons (Fsp3) is 0.385. The predicted octanol–water partition coefficient (Wildman–Crippen LogP) is 3.63. The number of ether oxygens (including phenoxy) is 1. The van der Waals surface area contributed by atoms with Crippen molar-refractivity contribution in [1.29, 1.82) is 0 Å². The molecule has 0 aromatic heterocycles. The molecule has 0 fully saturated rings. The molecule has 0 saturated heterocycles. The molecular weight excluding hydrogens is 302 g/mol. The first-order chi connectivity index (χ1) is 9.60. The number of hydrogen-bond donors (Lipinski definition) is 1. The second-order valence-corrected chi connectivity index (χ2v) is 4.50. The van der Waals surface area contributed by atoms with E-state index in [4.69, 9.17) is 0 Å². The van der Waals surface area contributed by atoms with Crippen molar-refractivity contribution in [2.75, 3.05) is 0 Å². The summed E-state index contributed by atoms with van der Waals surface area (Å²) in [6.07, 6.45) is -16.2. The number of aliphatic hydroxyl groups excluding tert-OH is 1. The molecule has 0 saturated carbocycles. The molecule has 0 radical (unpaired) electrons. The molecule has 2 atom stereocenters. The maximum atomic E-state index is 12.4. The van der Waals surface area contributed by atoms with Crippen molar-refractivity contribution in [1.82, 2.24) is 0 Å². The molecule has 2 nitrogen and oxygen atoms in total. The average molecular weight is 312 g/mol. The first-order valence-electron chi connectivity index (χ1n) is 5.85. The Morgan fingerprint density at radius 2 is 1.57 bits per heavy atom. The van der Waals surface area contributed by atoms with Gasteiger partial charge in [0.15, 0.2) is 0 Å². The van der Waals surface area contributed by atoms with Crippen LogP contribution in [0.3, 0.4) is 0 Å². The summed E-state index contributed by atoms with van der Waals surface area (Å²) in [6, 6.07) is 6.14. The first-order valence-corrected chi connectivity index (χ1v) is 5.85. The normalized spacial score (nSPS) is 22.5. The average Bonchev–Trinajstić information content (AvgIpc) is 2.35. The lowest BCUT2D eigenvalue weighted by atomic mass is 9.93. The van der Waals surface area contributed by atoms with E-state index < -0.39 is 30.7 Å². The monoisotopic (exact) mass is 312 g/mol. The molecule has 2 rings (SSSR count). The fourth-order valence-corrected chi connectivity index (χ4v) is 2.03. The maximum absolute atomic E-state index is 12.4. The van der Waals surface area contributed by atoms with E-state index in [1.54, 1.807) is 12.1 Å². The van der Waals surface area contributed by atoms with Gasteiger partial charge in [0.05, 0.1) is 0 Å². The molecule has 8 heteroatoms. The summed E-state index contributed by atoms with van der Waals surface area (Å²) < 4.78 is 78.8. The number of hydrogen-bond acceptors (Lipinski definition) is 2. The van der Waals surface area contributed by atoms with E-state index in [0.29, 0.717) is 5.56 Å². The third-order valence-corrected chi connectivity index (χ3v) is 2.98. The summed E-state index contributed by atoms with van der Waals surface area (Å²) in [7, 11) is 0. The van der Waals surface area contributed by atoms with E-state index in [0.717, 1.165) is 6.08 Å². The Balaban J connectivity index is 2.24. The van der Waals surface area contributed by atoms with Crippen LogP contribution in [0, 0.1) is 0 Å². The number of benzene rings is 1. The zero-order valence-electron chi connectivity index (χ0n) is 10.3. The van der Waals surface area contributed by atoms with Gasteiger partial charge < -0.3 is 9.84 Å². The van der Waals surface area contributed by atoms with Gasteiger partial charge in [0.1, 0.15) is 12.2 Å². The highest BCUT2D eigenvalue weighted by Gasteiger charge is 2.59. The van der Waals surface area contributed by atoms with Gasteiger partial charge in [-0.2, -0.15) is 26.3 Å². The Labute approximate surface area is 115 Å². The zero-order chi connectivity index (χ0) is 15.8. The molecule has 1 aliphatic carbocycles. The molecule has 21 heavy (non-hydrogen) atoms. The van der Waals surface area contributed by atoms with Crippen LogP contribution in [0.4, 0.5) is 26.3 Å². The number of rotatable bonds is 2. The molecule has 0 bridgehead atoms. The van der Waals surface area contributed by atoms with Crippen LogP contribution in [-0.4, -0.2) is 29.7 Å². The van der Waals surface area contributed by atoms with Gasteiger partial charge in [0, 0.05) is 0 Å². The molecule has 116 valence electrons. The van der Waals surface area contributed by atoms with Crippen LogP contribution < -0.4 is 0 Å². The molecule has 1 N–H and O–H groups in total. The Morgan fingerprint density at radius 3 is 2.14 bits per heavy atom. The summed E-state index contributed by atoms with van der Waals surface area (Å²) in [5.74, 6) is 0. The van der Waals surface area contributed by atoms with E-state index in [1.807, 2.05) is 0 Å². The van der Waals surface area contributed by atoms with E-state index in [2.05, 4.69) is 4.74 Å². The third-order valence-electron chi connectivity index (χ3n) is 2.98. The molecular formula is C13H10F6O2. The van der Waals surface area contributed by atoms with Crippen LogP contribution in [0.2, 0.25) is 0 Å². The smallest absolute Gasteiger partial charge is 0.385 e. The predicted molar refractivity (Wildman–Crippen MR) is 61.2 cm³/mol. The van der Waals surface area contributed by atoms with Gasteiger partial charge in [-0.05, 0) is 11.1 Å². The summed E-state index contributed by atoms with van der Waals surface area (Å²) in [5.41, 5.74) is 0.730. The molecule has 1 aliphatic rings. The Morgan fingerprint density at radius 1 is 1.00 bits per heavy atom. The van der Waals surface area contributed by atoms with Gasteiger partial charge in [-0.3, -0.25) is 0 Å². The quantitative estimate of drug-likeness (QED) is 0.845. The van der Waals surface area contributed by atoms with Gasteiger partial charge in [0.25, 0.3) is 0 Å². The van der Waals surface area contributed by atoms with Crippen LogP contribution in [0.15, 0.2) is 30.3 Å². The van der Waals surface area contributed by atoms with Crippen LogP contribution in [-0.2, 0) is 4.74 Å². The summed E-state index contributed by atoms with van der Waals surface area (Å²) in [6.45, 7) is 0. The van der Waals surface area contributed by atoms with Crippen molar-refractivity contribution in [2.24, 2.45) is 0 Å². The van der Waals surface area contributed by atoms with Gasteiger partial charge in [-0.15, -0.1) is 0 Å². The number of fused-ring (bicyclic) bond motifs is 1. The molecule has 0 spiro atoms. The molecule has 0 aliphatic heterocycles. The fourth-order valence-electron chi connectivity index (χ4n) is 2.03. The minimum Gasteiger partial charge on any atom is -0.385 e. The molecule has 1 aromatic rings. The van der Waals surface area contributed by atoms with Crippen LogP contribution >= 0.6 is 0 Å². The highest BCUT2D eigenvalue weighted by molar-refractivity contribution is 5.58. The number of aliphatic hydroxyl groups is 1. The van der Waals surface area contributed by atoms with Crippen molar-refractivity contribution < 1.29 is 36.2 Å². The van der Waals surface area contributed by atoms with Crippen molar-refractivity contribution in [3.8, 4) is 0 Å².